The van der Waals surface area contributed by atoms with E-state index in [0.717, 1.165) is 48.5 Å². The van der Waals surface area contributed by atoms with Gasteiger partial charge in [-0.25, -0.2) is 9.97 Å². The SMILES string of the molecule is CC(C)(C)c1ccccc1NCC(=O)N[C@H]1CCCN(c2ncnc3[nH]ccc23)C1. The van der Waals surface area contributed by atoms with E-state index in [4.69, 9.17) is 0 Å². The average Bonchev–Trinajstić information content (AvgIpc) is 3.21. The van der Waals surface area contributed by atoms with Gasteiger partial charge in [0.1, 0.15) is 17.8 Å². The molecule has 7 nitrogen and oxygen atoms in total. The number of para-hydroxylation sites is 1. The zero-order valence-electron chi connectivity index (χ0n) is 17.9. The Morgan fingerprint density at radius 2 is 2.07 bits per heavy atom. The molecule has 3 N–H and O–H groups in total. The fourth-order valence-electron chi connectivity index (χ4n) is 4.14. The third kappa shape index (κ3) is 4.40. The Hall–Kier alpha value is -3.09. The Labute approximate surface area is 177 Å². The molecule has 1 amide bonds. The van der Waals surface area contributed by atoms with Crippen LogP contribution in [-0.2, 0) is 10.2 Å². The summed E-state index contributed by atoms with van der Waals surface area (Å²) >= 11 is 0. The highest BCUT2D eigenvalue weighted by molar-refractivity contribution is 5.87. The third-order valence-corrected chi connectivity index (χ3v) is 5.59. The van der Waals surface area contributed by atoms with Crippen LogP contribution in [0, 0.1) is 0 Å². The van der Waals surface area contributed by atoms with Crippen molar-refractivity contribution in [2.75, 3.05) is 29.9 Å². The second-order valence-corrected chi connectivity index (χ2v) is 8.94. The van der Waals surface area contributed by atoms with Crippen molar-refractivity contribution < 1.29 is 4.79 Å². The van der Waals surface area contributed by atoms with Crippen molar-refractivity contribution >= 4 is 28.4 Å². The largest absolute Gasteiger partial charge is 0.376 e. The van der Waals surface area contributed by atoms with E-state index >= 15 is 0 Å². The van der Waals surface area contributed by atoms with E-state index in [-0.39, 0.29) is 23.9 Å². The minimum atomic E-state index is 0.0139. The minimum absolute atomic E-state index is 0.0139. The number of benzene rings is 1. The van der Waals surface area contributed by atoms with Crippen LogP contribution < -0.4 is 15.5 Å². The van der Waals surface area contributed by atoms with Crippen LogP contribution in [0.4, 0.5) is 11.5 Å². The molecule has 158 valence electrons. The normalized spacial score (nSPS) is 17.2. The zero-order chi connectivity index (χ0) is 21.1. The first-order valence-corrected chi connectivity index (χ1v) is 10.6. The number of rotatable bonds is 5. The standard InChI is InChI=1S/C23H30N6O/c1-23(2,3)18-8-4-5-9-19(18)25-13-20(30)28-16-7-6-12-29(14-16)22-17-10-11-24-21(17)26-15-27-22/h4-5,8-11,15-16,25H,6-7,12-14H2,1-3H3,(H,28,30)(H,24,26,27)/t16-/m0/s1. The van der Waals surface area contributed by atoms with E-state index in [2.05, 4.69) is 57.3 Å². The van der Waals surface area contributed by atoms with Gasteiger partial charge in [0.2, 0.25) is 5.91 Å². The van der Waals surface area contributed by atoms with Gasteiger partial charge in [0.25, 0.3) is 0 Å². The highest BCUT2D eigenvalue weighted by Gasteiger charge is 2.24. The molecule has 1 atom stereocenters. The van der Waals surface area contributed by atoms with Crippen molar-refractivity contribution in [2.45, 2.75) is 45.1 Å². The topological polar surface area (TPSA) is 85.9 Å². The lowest BCUT2D eigenvalue weighted by molar-refractivity contribution is -0.120. The molecule has 0 saturated carbocycles. The summed E-state index contributed by atoms with van der Waals surface area (Å²) in [5, 5.41) is 7.54. The predicted molar refractivity (Wildman–Crippen MR) is 121 cm³/mol. The predicted octanol–water partition coefficient (Wildman–Crippen LogP) is 3.45. The lowest BCUT2D eigenvalue weighted by atomic mass is 9.86. The summed E-state index contributed by atoms with van der Waals surface area (Å²) < 4.78 is 0. The smallest absolute Gasteiger partial charge is 0.239 e. The number of carbonyl (C=O) groups excluding carboxylic acids is 1. The summed E-state index contributed by atoms with van der Waals surface area (Å²) in [4.78, 5) is 26.8. The molecule has 7 heteroatoms. The van der Waals surface area contributed by atoms with Gasteiger partial charge in [-0.3, -0.25) is 4.79 Å². The molecule has 1 fully saturated rings. The molecule has 0 radical (unpaired) electrons. The number of carbonyl (C=O) groups is 1. The Bertz CT molecular complexity index is 1020. The molecule has 0 spiro atoms. The van der Waals surface area contributed by atoms with Gasteiger partial charge in [0.05, 0.1) is 11.9 Å². The molecule has 3 aromatic rings. The Kier molecular flexibility index (Phi) is 5.61. The molecule has 1 aliphatic rings. The van der Waals surface area contributed by atoms with Crippen molar-refractivity contribution in [3.8, 4) is 0 Å². The maximum Gasteiger partial charge on any atom is 0.239 e. The van der Waals surface area contributed by atoms with Gasteiger partial charge in [-0.2, -0.15) is 0 Å². The fraction of sp³-hybridized carbons (Fsp3) is 0.435. The molecular weight excluding hydrogens is 376 g/mol. The summed E-state index contributed by atoms with van der Waals surface area (Å²) in [6.07, 6.45) is 5.46. The van der Waals surface area contributed by atoms with Crippen molar-refractivity contribution in [1.82, 2.24) is 20.3 Å². The number of piperidine rings is 1. The first-order valence-electron chi connectivity index (χ1n) is 10.6. The molecule has 0 aliphatic carbocycles. The molecule has 1 aliphatic heterocycles. The minimum Gasteiger partial charge on any atom is -0.376 e. The van der Waals surface area contributed by atoms with E-state index in [9.17, 15) is 4.79 Å². The molecule has 0 bridgehead atoms. The second kappa shape index (κ2) is 8.34. The Morgan fingerprint density at radius 3 is 2.90 bits per heavy atom. The van der Waals surface area contributed by atoms with E-state index in [1.165, 1.54) is 5.56 Å². The van der Waals surface area contributed by atoms with E-state index < -0.39 is 0 Å². The van der Waals surface area contributed by atoms with Crippen LogP contribution in [0.3, 0.4) is 0 Å². The number of amides is 1. The van der Waals surface area contributed by atoms with E-state index in [1.54, 1.807) is 6.33 Å². The van der Waals surface area contributed by atoms with Gasteiger partial charge in [0, 0.05) is 31.0 Å². The maximum atomic E-state index is 12.6. The molecule has 3 heterocycles. The summed E-state index contributed by atoms with van der Waals surface area (Å²) in [6.45, 7) is 8.48. The summed E-state index contributed by atoms with van der Waals surface area (Å²) in [6, 6.07) is 10.3. The van der Waals surface area contributed by atoms with Crippen LogP contribution in [0.5, 0.6) is 0 Å². The van der Waals surface area contributed by atoms with Crippen molar-refractivity contribution in [2.24, 2.45) is 0 Å². The summed E-state index contributed by atoms with van der Waals surface area (Å²) in [5.74, 6) is 0.942. The van der Waals surface area contributed by atoms with Crippen LogP contribution in [0.25, 0.3) is 11.0 Å². The van der Waals surface area contributed by atoms with Crippen LogP contribution in [0.15, 0.2) is 42.9 Å². The van der Waals surface area contributed by atoms with Crippen LogP contribution in [0.1, 0.15) is 39.2 Å². The first kappa shape index (κ1) is 20.2. The number of hydrogen-bond acceptors (Lipinski definition) is 5. The lowest BCUT2D eigenvalue weighted by Crippen LogP contribution is -2.49. The maximum absolute atomic E-state index is 12.6. The van der Waals surface area contributed by atoms with Crippen LogP contribution in [-0.4, -0.2) is 46.5 Å². The molecular formula is C23H30N6O. The Balaban J connectivity index is 1.37. The van der Waals surface area contributed by atoms with Gasteiger partial charge >= 0.3 is 0 Å². The Morgan fingerprint density at radius 1 is 1.23 bits per heavy atom. The summed E-state index contributed by atoms with van der Waals surface area (Å²) in [7, 11) is 0. The molecule has 30 heavy (non-hydrogen) atoms. The highest BCUT2D eigenvalue weighted by Crippen LogP contribution is 2.29. The molecule has 2 aromatic heterocycles. The van der Waals surface area contributed by atoms with Crippen molar-refractivity contribution in [3.63, 3.8) is 0 Å². The summed E-state index contributed by atoms with van der Waals surface area (Å²) in [5.41, 5.74) is 3.08. The van der Waals surface area contributed by atoms with Gasteiger partial charge < -0.3 is 20.5 Å². The third-order valence-electron chi connectivity index (χ3n) is 5.59. The number of aromatic nitrogens is 3. The van der Waals surface area contributed by atoms with Gasteiger partial charge in [-0.05, 0) is 36.0 Å². The van der Waals surface area contributed by atoms with Crippen molar-refractivity contribution in [3.05, 3.63) is 48.4 Å². The molecule has 4 rings (SSSR count). The first-order chi connectivity index (χ1) is 14.4. The quantitative estimate of drug-likeness (QED) is 0.604. The molecule has 1 saturated heterocycles. The second-order valence-electron chi connectivity index (χ2n) is 8.94. The monoisotopic (exact) mass is 406 g/mol. The number of fused-ring (bicyclic) bond motifs is 1. The number of nitrogens with one attached hydrogen (secondary N) is 3. The van der Waals surface area contributed by atoms with Gasteiger partial charge in [-0.15, -0.1) is 0 Å². The number of H-pyrrole nitrogens is 1. The molecule has 1 aromatic carbocycles. The van der Waals surface area contributed by atoms with Crippen LogP contribution >= 0.6 is 0 Å². The average molecular weight is 407 g/mol. The number of aromatic amines is 1. The van der Waals surface area contributed by atoms with Crippen LogP contribution in [0.2, 0.25) is 0 Å². The lowest BCUT2D eigenvalue weighted by Gasteiger charge is -2.34. The van der Waals surface area contributed by atoms with E-state index in [0.29, 0.717) is 0 Å². The molecule has 0 unspecified atom stereocenters. The van der Waals surface area contributed by atoms with Crippen molar-refractivity contribution in [1.29, 1.82) is 0 Å². The number of nitrogens with zero attached hydrogens (tertiary/aromatic N) is 3. The van der Waals surface area contributed by atoms with E-state index in [1.807, 2.05) is 30.5 Å². The number of anilines is 2. The fourth-order valence-corrected chi connectivity index (χ4v) is 4.14. The highest BCUT2D eigenvalue weighted by atomic mass is 16.2. The number of hydrogen-bond donors (Lipinski definition) is 3. The zero-order valence-corrected chi connectivity index (χ0v) is 17.9. The van der Waals surface area contributed by atoms with Gasteiger partial charge in [0.15, 0.2) is 0 Å². The van der Waals surface area contributed by atoms with Gasteiger partial charge in [-0.1, -0.05) is 39.0 Å².